The Labute approximate surface area is 128 Å². The first-order chi connectivity index (χ1) is 9.74. The van der Waals surface area contributed by atoms with Gasteiger partial charge < -0.3 is 19.3 Å². The van der Waals surface area contributed by atoms with Crippen LogP contribution in [0.3, 0.4) is 0 Å². The van der Waals surface area contributed by atoms with E-state index in [2.05, 4.69) is 15.9 Å². The molecule has 1 unspecified atom stereocenters. The van der Waals surface area contributed by atoms with Crippen molar-refractivity contribution in [3.63, 3.8) is 0 Å². The third kappa shape index (κ3) is 4.11. The van der Waals surface area contributed by atoms with Gasteiger partial charge in [0.05, 0.1) is 23.8 Å². The molecular weight excluding hydrogens is 324 g/mol. The molecule has 5 heteroatoms. The molecule has 0 amide bonds. The summed E-state index contributed by atoms with van der Waals surface area (Å²) in [6, 6.07) is 3.66. The first kappa shape index (κ1) is 15.6. The summed E-state index contributed by atoms with van der Waals surface area (Å²) in [5, 5.41) is 9.24. The molecule has 1 saturated heterocycles. The van der Waals surface area contributed by atoms with Crippen molar-refractivity contribution in [1.82, 2.24) is 0 Å². The molecule has 1 aliphatic heterocycles. The number of benzene rings is 1. The van der Waals surface area contributed by atoms with E-state index in [1.54, 1.807) is 0 Å². The Kier molecular flexibility index (Phi) is 6.13. The lowest BCUT2D eigenvalue weighted by molar-refractivity contribution is -0.0117. The Balaban J connectivity index is 2.08. The van der Waals surface area contributed by atoms with Gasteiger partial charge in [0.1, 0.15) is 6.61 Å². The molecule has 1 heterocycles. The molecule has 0 aliphatic carbocycles. The highest BCUT2D eigenvalue weighted by molar-refractivity contribution is 9.10. The summed E-state index contributed by atoms with van der Waals surface area (Å²) < 4.78 is 17.9. The van der Waals surface area contributed by atoms with Crippen LogP contribution in [0.1, 0.15) is 31.7 Å². The summed E-state index contributed by atoms with van der Waals surface area (Å²) in [5.74, 6) is 1.33. The van der Waals surface area contributed by atoms with Crippen molar-refractivity contribution < 1.29 is 19.3 Å². The van der Waals surface area contributed by atoms with Crippen molar-refractivity contribution in [2.24, 2.45) is 0 Å². The zero-order chi connectivity index (χ0) is 14.4. The summed E-state index contributed by atoms with van der Waals surface area (Å²) >= 11 is 3.48. The van der Waals surface area contributed by atoms with Gasteiger partial charge in [-0.2, -0.15) is 0 Å². The molecule has 1 fully saturated rings. The monoisotopic (exact) mass is 344 g/mol. The molecule has 112 valence electrons. The summed E-state index contributed by atoms with van der Waals surface area (Å²) in [5.41, 5.74) is 0.793. The van der Waals surface area contributed by atoms with Gasteiger partial charge in [-0.3, -0.25) is 0 Å². The quantitative estimate of drug-likeness (QED) is 0.860. The van der Waals surface area contributed by atoms with E-state index in [9.17, 15) is 5.11 Å². The zero-order valence-electron chi connectivity index (χ0n) is 11.7. The Bertz CT molecular complexity index is 430. The third-order valence-electron chi connectivity index (χ3n) is 3.24. The minimum atomic E-state index is -0.0231. The minimum absolute atomic E-state index is 0.0231. The molecule has 0 spiro atoms. The molecule has 0 bridgehead atoms. The van der Waals surface area contributed by atoms with Crippen molar-refractivity contribution in [2.45, 2.75) is 38.9 Å². The zero-order valence-corrected chi connectivity index (χ0v) is 13.3. The van der Waals surface area contributed by atoms with Gasteiger partial charge >= 0.3 is 0 Å². The fourth-order valence-corrected chi connectivity index (χ4v) is 2.83. The van der Waals surface area contributed by atoms with Crippen LogP contribution in [0.4, 0.5) is 0 Å². The maximum absolute atomic E-state index is 9.24. The van der Waals surface area contributed by atoms with Gasteiger partial charge in [0.2, 0.25) is 0 Å². The van der Waals surface area contributed by atoms with Crippen molar-refractivity contribution >= 4 is 15.9 Å². The van der Waals surface area contributed by atoms with Crippen molar-refractivity contribution in [2.75, 3.05) is 19.8 Å². The summed E-state index contributed by atoms with van der Waals surface area (Å²) in [6.45, 7) is 3.80. The van der Waals surface area contributed by atoms with Gasteiger partial charge in [-0.25, -0.2) is 0 Å². The molecule has 0 aromatic heterocycles. The number of rotatable bonds is 6. The van der Waals surface area contributed by atoms with Crippen LogP contribution < -0.4 is 9.47 Å². The van der Waals surface area contributed by atoms with E-state index < -0.39 is 0 Å². The van der Waals surface area contributed by atoms with Crippen molar-refractivity contribution in [1.29, 1.82) is 0 Å². The lowest BCUT2D eigenvalue weighted by atomic mass is 10.1. The fraction of sp³-hybridized carbons (Fsp3) is 0.600. The molecule has 0 saturated carbocycles. The van der Waals surface area contributed by atoms with Crippen LogP contribution in [0.15, 0.2) is 16.6 Å². The molecular formula is C15H21BrO4. The summed E-state index contributed by atoms with van der Waals surface area (Å²) in [6.07, 6.45) is 3.52. The van der Waals surface area contributed by atoms with E-state index >= 15 is 0 Å². The van der Waals surface area contributed by atoms with Gasteiger partial charge in [0.15, 0.2) is 11.5 Å². The standard InChI is InChI=1S/C15H21BrO4/c1-2-18-14-8-11(9-17)7-13(16)15(14)20-10-12-5-3-4-6-19-12/h7-8,12,17H,2-6,9-10H2,1H3. The van der Waals surface area contributed by atoms with Crippen molar-refractivity contribution in [3.05, 3.63) is 22.2 Å². The lowest BCUT2D eigenvalue weighted by Crippen LogP contribution is -2.26. The van der Waals surface area contributed by atoms with Crippen LogP contribution in [0.5, 0.6) is 11.5 Å². The minimum Gasteiger partial charge on any atom is -0.490 e. The van der Waals surface area contributed by atoms with Crippen LogP contribution in [0.25, 0.3) is 0 Å². The third-order valence-corrected chi connectivity index (χ3v) is 3.83. The number of ether oxygens (including phenoxy) is 3. The number of aliphatic hydroxyl groups is 1. The van der Waals surface area contributed by atoms with E-state index in [0.29, 0.717) is 24.7 Å². The van der Waals surface area contributed by atoms with Crippen LogP contribution in [-0.2, 0) is 11.3 Å². The van der Waals surface area contributed by atoms with Gasteiger partial charge in [0, 0.05) is 6.61 Å². The average Bonchev–Trinajstić information content (AvgIpc) is 2.47. The molecule has 1 aliphatic rings. The number of hydrogen-bond donors (Lipinski definition) is 1. The molecule has 1 atom stereocenters. The molecule has 2 rings (SSSR count). The van der Waals surface area contributed by atoms with E-state index in [4.69, 9.17) is 14.2 Å². The van der Waals surface area contributed by atoms with Gasteiger partial charge in [-0.05, 0) is 59.8 Å². The summed E-state index contributed by atoms with van der Waals surface area (Å²) in [7, 11) is 0. The second-order valence-corrected chi connectivity index (χ2v) is 5.65. The number of halogens is 1. The fourth-order valence-electron chi connectivity index (χ4n) is 2.23. The lowest BCUT2D eigenvalue weighted by Gasteiger charge is -2.23. The van der Waals surface area contributed by atoms with Crippen LogP contribution in [0.2, 0.25) is 0 Å². The number of hydrogen-bond acceptors (Lipinski definition) is 4. The average molecular weight is 345 g/mol. The maximum Gasteiger partial charge on any atom is 0.175 e. The Hall–Kier alpha value is -0.780. The Morgan fingerprint density at radius 2 is 2.20 bits per heavy atom. The topological polar surface area (TPSA) is 47.9 Å². The Morgan fingerprint density at radius 3 is 2.85 bits per heavy atom. The SMILES string of the molecule is CCOc1cc(CO)cc(Br)c1OCC1CCCCO1. The normalized spacial score (nSPS) is 18.9. The van der Waals surface area contributed by atoms with Gasteiger partial charge in [0.25, 0.3) is 0 Å². The number of aliphatic hydroxyl groups excluding tert-OH is 1. The van der Waals surface area contributed by atoms with Gasteiger partial charge in [-0.15, -0.1) is 0 Å². The highest BCUT2D eigenvalue weighted by Crippen LogP contribution is 2.37. The second kappa shape index (κ2) is 7.86. The van der Waals surface area contributed by atoms with Gasteiger partial charge in [-0.1, -0.05) is 0 Å². The summed E-state index contributed by atoms with van der Waals surface area (Å²) in [4.78, 5) is 0. The first-order valence-electron chi connectivity index (χ1n) is 7.05. The molecule has 1 aromatic carbocycles. The highest BCUT2D eigenvalue weighted by Gasteiger charge is 2.17. The highest BCUT2D eigenvalue weighted by atomic mass is 79.9. The van der Waals surface area contributed by atoms with E-state index in [0.717, 1.165) is 29.5 Å². The largest absolute Gasteiger partial charge is 0.490 e. The Morgan fingerprint density at radius 1 is 1.35 bits per heavy atom. The molecule has 0 radical (unpaired) electrons. The van der Waals surface area contributed by atoms with E-state index in [1.807, 2.05) is 19.1 Å². The van der Waals surface area contributed by atoms with E-state index in [-0.39, 0.29) is 12.7 Å². The molecule has 1 aromatic rings. The first-order valence-corrected chi connectivity index (χ1v) is 7.84. The predicted molar refractivity (Wildman–Crippen MR) is 80.3 cm³/mol. The van der Waals surface area contributed by atoms with E-state index in [1.165, 1.54) is 6.42 Å². The van der Waals surface area contributed by atoms with Crippen LogP contribution >= 0.6 is 15.9 Å². The second-order valence-electron chi connectivity index (χ2n) is 4.80. The molecule has 1 N–H and O–H groups in total. The predicted octanol–water partition coefficient (Wildman–Crippen LogP) is 3.29. The maximum atomic E-state index is 9.24. The smallest absolute Gasteiger partial charge is 0.175 e. The van der Waals surface area contributed by atoms with Crippen molar-refractivity contribution in [3.8, 4) is 11.5 Å². The van der Waals surface area contributed by atoms with Crippen LogP contribution in [0, 0.1) is 0 Å². The molecule has 20 heavy (non-hydrogen) atoms. The van der Waals surface area contributed by atoms with Crippen LogP contribution in [-0.4, -0.2) is 31.0 Å². The molecule has 4 nitrogen and oxygen atoms in total.